The van der Waals surface area contributed by atoms with E-state index in [1.165, 1.54) is 0 Å². The Bertz CT molecular complexity index is 357. The van der Waals surface area contributed by atoms with Gasteiger partial charge in [-0.1, -0.05) is 47.1 Å². The smallest absolute Gasteiger partial charge is 0.333 e. The van der Waals surface area contributed by atoms with E-state index < -0.39 is 5.60 Å². The van der Waals surface area contributed by atoms with Gasteiger partial charge in [-0.2, -0.15) is 0 Å². The van der Waals surface area contributed by atoms with E-state index in [-0.39, 0.29) is 16.8 Å². The summed E-state index contributed by atoms with van der Waals surface area (Å²) >= 11 is 0. The summed E-state index contributed by atoms with van der Waals surface area (Å²) in [6.07, 6.45) is 3.74. The maximum absolute atomic E-state index is 11.5. The van der Waals surface area contributed by atoms with Crippen molar-refractivity contribution >= 4 is 5.97 Å². The molecule has 1 N–H and O–H groups in total. The molecular formula is C18H34O3. The molecule has 0 aromatic rings. The highest BCUT2D eigenvalue weighted by Gasteiger charge is 2.41. The Morgan fingerprint density at radius 1 is 1.14 bits per heavy atom. The Morgan fingerprint density at radius 3 is 1.95 bits per heavy atom. The van der Waals surface area contributed by atoms with Crippen LogP contribution in [0.4, 0.5) is 0 Å². The number of hydrogen-bond donors (Lipinski definition) is 1. The fourth-order valence-electron chi connectivity index (χ4n) is 2.58. The van der Waals surface area contributed by atoms with E-state index in [0.29, 0.717) is 12.2 Å². The molecule has 0 saturated heterocycles. The van der Waals surface area contributed by atoms with Crippen LogP contribution in [0.25, 0.3) is 0 Å². The first-order valence-corrected chi connectivity index (χ1v) is 7.96. The van der Waals surface area contributed by atoms with Crippen molar-refractivity contribution in [3.63, 3.8) is 0 Å². The molecule has 0 aliphatic heterocycles. The molecule has 0 atom stereocenters. The fraction of sp³-hybridized carbons (Fsp3) is 0.833. The summed E-state index contributed by atoms with van der Waals surface area (Å²) in [7, 11) is 0. The van der Waals surface area contributed by atoms with Crippen LogP contribution < -0.4 is 0 Å². The summed E-state index contributed by atoms with van der Waals surface area (Å²) in [5.41, 5.74) is -0.418. The van der Waals surface area contributed by atoms with Crippen LogP contribution in [0.3, 0.4) is 0 Å². The Balaban J connectivity index is 4.86. The van der Waals surface area contributed by atoms with Crippen molar-refractivity contribution in [3.05, 3.63) is 12.2 Å². The summed E-state index contributed by atoms with van der Waals surface area (Å²) in [5.74, 6) is -0.321. The number of rotatable bonds is 9. The lowest BCUT2D eigenvalue weighted by atomic mass is 9.63. The Hall–Kier alpha value is -0.830. The van der Waals surface area contributed by atoms with Gasteiger partial charge in [0.25, 0.3) is 0 Å². The lowest BCUT2D eigenvalue weighted by Crippen LogP contribution is -2.43. The first kappa shape index (κ1) is 20.2. The molecule has 0 saturated carbocycles. The van der Waals surface area contributed by atoms with Gasteiger partial charge in [0.1, 0.15) is 0 Å². The van der Waals surface area contributed by atoms with E-state index in [2.05, 4.69) is 34.3 Å². The quantitative estimate of drug-likeness (QED) is 0.504. The molecule has 0 heterocycles. The fourth-order valence-corrected chi connectivity index (χ4v) is 2.58. The van der Waals surface area contributed by atoms with Gasteiger partial charge >= 0.3 is 5.97 Å². The maximum atomic E-state index is 11.5. The molecule has 3 nitrogen and oxygen atoms in total. The third-order valence-electron chi connectivity index (χ3n) is 5.19. The molecule has 0 aromatic heterocycles. The third kappa shape index (κ3) is 5.82. The lowest BCUT2D eigenvalue weighted by Gasteiger charge is -2.45. The van der Waals surface area contributed by atoms with Crippen LogP contribution in [0.2, 0.25) is 0 Å². The predicted octanol–water partition coefficient (Wildman–Crippen LogP) is 4.49. The van der Waals surface area contributed by atoms with Gasteiger partial charge in [-0.25, -0.2) is 4.79 Å². The summed E-state index contributed by atoms with van der Waals surface area (Å²) in [6.45, 7) is 17.9. The summed E-state index contributed by atoms with van der Waals surface area (Å²) in [6, 6.07) is 0. The van der Waals surface area contributed by atoms with E-state index in [0.717, 1.165) is 25.7 Å². The van der Waals surface area contributed by atoms with Gasteiger partial charge < -0.3 is 9.84 Å². The van der Waals surface area contributed by atoms with E-state index in [1.54, 1.807) is 6.92 Å². The van der Waals surface area contributed by atoms with Gasteiger partial charge in [0.15, 0.2) is 0 Å². The second-order valence-corrected chi connectivity index (χ2v) is 7.49. The summed E-state index contributed by atoms with van der Waals surface area (Å²) in [5, 5.41) is 10.4. The average Bonchev–Trinajstić information content (AvgIpc) is 2.35. The predicted molar refractivity (Wildman–Crippen MR) is 88.1 cm³/mol. The van der Waals surface area contributed by atoms with Crippen molar-refractivity contribution in [2.75, 3.05) is 6.61 Å². The minimum Gasteiger partial charge on any atom is -0.462 e. The molecule has 0 rings (SSSR count). The van der Waals surface area contributed by atoms with Crippen molar-refractivity contribution in [2.24, 2.45) is 10.8 Å². The van der Waals surface area contributed by atoms with Crippen molar-refractivity contribution in [1.29, 1.82) is 0 Å². The normalized spacial score (nSPS) is 13.1. The van der Waals surface area contributed by atoms with Gasteiger partial charge in [0, 0.05) is 5.57 Å². The zero-order valence-corrected chi connectivity index (χ0v) is 15.0. The van der Waals surface area contributed by atoms with Crippen LogP contribution in [0.5, 0.6) is 0 Å². The second-order valence-electron chi connectivity index (χ2n) is 7.49. The van der Waals surface area contributed by atoms with Crippen LogP contribution in [-0.4, -0.2) is 23.3 Å². The zero-order chi connectivity index (χ0) is 16.9. The molecule has 0 unspecified atom stereocenters. The maximum Gasteiger partial charge on any atom is 0.333 e. The monoisotopic (exact) mass is 298 g/mol. The van der Waals surface area contributed by atoms with Gasteiger partial charge in [0.05, 0.1) is 12.2 Å². The van der Waals surface area contributed by atoms with E-state index in [1.807, 2.05) is 13.8 Å². The third-order valence-corrected chi connectivity index (χ3v) is 5.19. The minimum atomic E-state index is -0.739. The zero-order valence-electron chi connectivity index (χ0n) is 15.0. The number of carbonyl (C=O) groups is 1. The van der Waals surface area contributed by atoms with Crippen LogP contribution >= 0.6 is 0 Å². The molecule has 0 aliphatic rings. The van der Waals surface area contributed by atoms with Gasteiger partial charge in [0.2, 0.25) is 0 Å². The van der Waals surface area contributed by atoms with Crippen LogP contribution in [-0.2, 0) is 9.53 Å². The SMILES string of the molecule is C=C(C)C(=O)OCCC(CC)(CC)CC(C)(C)C(C)(C)O. The molecule has 0 aliphatic carbocycles. The Morgan fingerprint density at radius 2 is 1.62 bits per heavy atom. The molecule has 0 spiro atoms. The highest BCUT2D eigenvalue weighted by molar-refractivity contribution is 5.86. The molecule has 124 valence electrons. The first-order valence-electron chi connectivity index (χ1n) is 7.96. The van der Waals surface area contributed by atoms with Crippen molar-refractivity contribution in [3.8, 4) is 0 Å². The minimum absolute atomic E-state index is 0.0822. The second kappa shape index (κ2) is 7.44. The summed E-state index contributed by atoms with van der Waals surface area (Å²) < 4.78 is 5.26. The number of hydrogen-bond acceptors (Lipinski definition) is 3. The van der Waals surface area contributed by atoms with Crippen LogP contribution in [0, 0.1) is 10.8 Å². The van der Waals surface area contributed by atoms with E-state index in [4.69, 9.17) is 4.74 Å². The van der Waals surface area contributed by atoms with E-state index in [9.17, 15) is 9.90 Å². The van der Waals surface area contributed by atoms with Crippen molar-refractivity contribution < 1.29 is 14.6 Å². The van der Waals surface area contributed by atoms with Gasteiger partial charge in [-0.3, -0.25) is 0 Å². The summed E-state index contributed by atoms with van der Waals surface area (Å²) in [4.78, 5) is 11.5. The number of carbonyl (C=O) groups excluding carboxylic acids is 1. The number of esters is 1. The molecule has 21 heavy (non-hydrogen) atoms. The Kier molecular flexibility index (Phi) is 7.14. The highest BCUT2D eigenvalue weighted by Crippen LogP contribution is 2.46. The van der Waals surface area contributed by atoms with Gasteiger partial charge in [-0.05, 0) is 44.4 Å². The topological polar surface area (TPSA) is 46.5 Å². The Labute approximate surface area is 130 Å². The molecular weight excluding hydrogens is 264 g/mol. The first-order chi connectivity index (χ1) is 9.41. The number of ether oxygens (including phenoxy) is 1. The van der Waals surface area contributed by atoms with Crippen LogP contribution in [0.1, 0.15) is 74.1 Å². The molecule has 0 fully saturated rings. The molecule has 0 aromatic carbocycles. The number of aliphatic hydroxyl groups is 1. The highest BCUT2D eigenvalue weighted by atomic mass is 16.5. The molecule has 0 bridgehead atoms. The molecule has 0 radical (unpaired) electrons. The lowest BCUT2D eigenvalue weighted by molar-refractivity contribution is -0.140. The average molecular weight is 298 g/mol. The van der Waals surface area contributed by atoms with Crippen molar-refractivity contribution in [1.82, 2.24) is 0 Å². The molecule has 0 amide bonds. The standard InChI is InChI=1S/C18H34O3/c1-9-18(10-2,11-12-21-15(19)14(3)4)13-16(5,6)17(7,8)20/h20H,3,9-13H2,1-2,4-8H3. The van der Waals surface area contributed by atoms with E-state index >= 15 is 0 Å². The largest absolute Gasteiger partial charge is 0.462 e. The van der Waals surface area contributed by atoms with Gasteiger partial charge in [-0.15, -0.1) is 0 Å². The molecule has 3 heteroatoms. The van der Waals surface area contributed by atoms with Crippen LogP contribution in [0.15, 0.2) is 12.2 Å². The van der Waals surface area contributed by atoms with Crippen molar-refractivity contribution in [2.45, 2.75) is 79.8 Å².